The van der Waals surface area contributed by atoms with Gasteiger partial charge in [-0.25, -0.2) is 0 Å². The van der Waals surface area contributed by atoms with Crippen molar-refractivity contribution in [2.75, 3.05) is 19.7 Å². The fraction of sp³-hybridized carbons (Fsp3) is 0.806. The maximum atomic E-state index is 11.9. The summed E-state index contributed by atoms with van der Waals surface area (Å²) in [6, 6.07) is 7.46. The van der Waals surface area contributed by atoms with Gasteiger partial charge in [-0.2, -0.15) is 0 Å². The molecule has 0 heterocycles. The second kappa shape index (κ2) is 18.3. The summed E-state index contributed by atoms with van der Waals surface area (Å²) in [7, 11) is 0. The second-order valence-corrected chi connectivity index (χ2v) is 13.8. The molecule has 234 valence electrons. The molecule has 0 saturated heterocycles. The standard InChI is InChI=1S/C36H62N2O3/c1-3-41-34(39)33(37)27-30-19-21-32(22-20-30)36(40)25-15-10-11-17-31(18-12-16-26-36)28-38-29-35(2)23-13-8-6-4-5-7-9-14-24-35/h19-22,31,33,38,40H,3-18,23-29,37H2,1-2H3. The van der Waals surface area contributed by atoms with Gasteiger partial charge in [0.05, 0.1) is 12.2 Å². The number of nitrogens with one attached hydrogen (secondary N) is 1. The van der Waals surface area contributed by atoms with Crippen LogP contribution in [0.15, 0.2) is 24.3 Å². The van der Waals surface area contributed by atoms with Crippen LogP contribution in [0.5, 0.6) is 0 Å². The predicted molar refractivity (Wildman–Crippen MR) is 171 cm³/mol. The monoisotopic (exact) mass is 570 g/mol. The Morgan fingerprint density at radius 3 is 2.00 bits per heavy atom. The number of benzene rings is 1. The Bertz CT molecular complexity index is 845. The molecule has 0 aromatic heterocycles. The maximum absolute atomic E-state index is 11.9. The van der Waals surface area contributed by atoms with Crippen LogP contribution in [0.1, 0.15) is 147 Å². The molecule has 2 fully saturated rings. The van der Waals surface area contributed by atoms with Gasteiger partial charge in [0.2, 0.25) is 0 Å². The van der Waals surface area contributed by atoms with Gasteiger partial charge in [0.25, 0.3) is 0 Å². The van der Waals surface area contributed by atoms with E-state index in [0.29, 0.717) is 18.4 Å². The van der Waals surface area contributed by atoms with E-state index >= 15 is 0 Å². The topological polar surface area (TPSA) is 84.6 Å². The molecule has 1 aromatic carbocycles. The van der Waals surface area contributed by atoms with E-state index in [2.05, 4.69) is 12.2 Å². The van der Waals surface area contributed by atoms with Crippen LogP contribution >= 0.6 is 0 Å². The van der Waals surface area contributed by atoms with E-state index in [9.17, 15) is 9.90 Å². The third-order valence-corrected chi connectivity index (χ3v) is 9.99. The summed E-state index contributed by atoms with van der Waals surface area (Å²) >= 11 is 0. The van der Waals surface area contributed by atoms with E-state index in [0.717, 1.165) is 49.3 Å². The minimum absolute atomic E-state index is 0.342. The second-order valence-electron chi connectivity index (χ2n) is 13.8. The first-order valence-corrected chi connectivity index (χ1v) is 17.3. The minimum atomic E-state index is -0.775. The van der Waals surface area contributed by atoms with Gasteiger partial charge < -0.3 is 20.9 Å². The highest BCUT2D eigenvalue weighted by atomic mass is 16.5. The van der Waals surface area contributed by atoms with Gasteiger partial charge in [-0.3, -0.25) is 4.79 Å². The number of hydrogen-bond acceptors (Lipinski definition) is 5. The van der Waals surface area contributed by atoms with Crippen LogP contribution < -0.4 is 11.1 Å². The number of carbonyl (C=O) groups excluding carboxylic acids is 1. The van der Waals surface area contributed by atoms with Gasteiger partial charge in [-0.15, -0.1) is 0 Å². The molecule has 5 nitrogen and oxygen atoms in total. The fourth-order valence-electron chi connectivity index (χ4n) is 7.22. The first kappa shape index (κ1) is 34.1. The SMILES string of the molecule is CCOC(=O)C(N)Cc1ccc(C2(O)CCCCCC(CNCC3(C)CCCCCCCCCC3)CCCC2)cc1. The molecule has 0 aliphatic heterocycles. The highest BCUT2D eigenvalue weighted by molar-refractivity contribution is 5.75. The van der Waals surface area contributed by atoms with Crippen LogP contribution in [0.2, 0.25) is 0 Å². The Morgan fingerprint density at radius 2 is 1.39 bits per heavy atom. The molecule has 1 aromatic rings. The molecule has 0 radical (unpaired) electrons. The third-order valence-electron chi connectivity index (χ3n) is 9.99. The molecule has 4 N–H and O–H groups in total. The molecule has 41 heavy (non-hydrogen) atoms. The summed E-state index contributed by atoms with van der Waals surface area (Å²) in [5.41, 5.74) is 7.69. The van der Waals surface area contributed by atoms with Gasteiger partial charge in [-0.1, -0.05) is 115 Å². The van der Waals surface area contributed by atoms with E-state index in [-0.39, 0.29) is 5.97 Å². The Hall–Kier alpha value is -1.43. The van der Waals surface area contributed by atoms with Crippen LogP contribution in [0, 0.1) is 11.3 Å². The Balaban J connectivity index is 1.47. The molecule has 3 atom stereocenters. The lowest BCUT2D eigenvalue weighted by Crippen LogP contribution is -2.35. The highest BCUT2D eigenvalue weighted by Gasteiger charge is 2.29. The first-order valence-electron chi connectivity index (χ1n) is 17.3. The maximum Gasteiger partial charge on any atom is 0.323 e. The quantitative estimate of drug-likeness (QED) is 0.262. The van der Waals surface area contributed by atoms with Crippen LogP contribution in [-0.4, -0.2) is 36.8 Å². The average molecular weight is 571 g/mol. The van der Waals surface area contributed by atoms with Gasteiger partial charge >= 0.3 is 5.97 Å². The van der Waals surface area contributed by atoms with Gasteiger partial charge in [-0.05, 0) is 80.9 Å². The van der Waals surface area contributed by atoms with Crippen LogP contribution in [-0.2, 0) is 21.6 Å². The molecule has 0 bridgehead atoms. The third kappa shape index (κ3) is 12.4. The van der Waals surface area contributed by atoms with Crippen molar-refractivity contribution in [3.63, 3.8) is 0 Å². The Labute approximate surface area is 251 Å². The van der Waals surface area contributed by atoms with Gasteiger partial charge in [0.15, 0.2) is 0 Å². The molecule has 5 heteroatoms. The van der Waals surface area contributed by atoms with Crippen molar-refractivity contribution in [3.05, 3.63) is 35.4 Å². The van der Waals surface area contributed by atoms with E-state index < -0.39 is 11.6 Å². The molecule has 0 amide bonds. The van der Waals surface area contributed by atoms with Crippen molar-refractivity contribution in [2.24, 2.45) is 17.1 Å². The number of aliphatic hydroxyl groups is 1. The first-order chi connectivity index (χ1) is 19.8. The Kier molecular flexibility index (Phi) is 15.2. The van der Waals surface area contributed by atoms with Crippen molar-refractivity contribution >= 4 is 5.97 Å². The summed E-state index contributed by atoms with van der Waals surface area (Å²) in [5.74, 6) is 0.387. The number of hydrogen-bond donors (Lipinski definition) is 3. The average Bonchev–Trinajstić information content (AvgIpc) is 3.03. The van der Waals surface area contributed by atoms with Crippen LogP contribution in [0.4, 0.5) is 0 Å². The molecular weight excluding hydrogens is 508 g/mol. The molecule has 3 unspecified atom stereocenters. The number of esters is 1. The minimum Gasteiger partial charge on any atom is -0.465 e. The van der Waals surface area contributed by atoms with E-state index in [1.165, 1.54) is 103 Å². The largest absolute Gasteiger partial charge is 0.465 e. The fourth-order valence-corrected chi connectivity index (χ4v) is 7.22. The van der Waals surface area contributed by atoms with Gasteiger partial charge in [0.1, 0.15) is 6.04 Å². The zero-order chi connectivity index (χ0) is 29.4. The number of nitrogens with two attached hydrogens (primary N) is 1. The van der Waals surface area contributed by atoms with Crippen molar-refractivity contribution in [1.29, 1.82) is 0 Å². The number of rotatable bonds is 9. The lowest BCUT2D eigenvalue weighted by molar-refractivity contribution is -0.144. The van der Waals surface area contributed by atoms with E-state index in [1.807, 2.05) is 24.3 Å². The zero-order valence-electron chi connectivity index (χ0n) is 26.6. The van der Waals surface area contributed by atoms with Crippen molar-refractivity contribution < 1.29 is 14.6 Å². The Morgan fingerprint density at radius 1 is 0.878 bits per heavy atom. The molecule has 0 spiro atoms. The summed E-state index contributed by atoms with van der Waals surface area (Å²) in [5, 5.41) is 15.7. The van der Waals surface area contributed by atoms with Crippen molar-refractivity contribution in [2.45, 2.75) is 154 Å². The van der Waals surface area contributed by atoms with Crippen LogP contribution in [0.25, 0.3) is 0 Å². The highest BCUT2D eigenvalue weighted by Crippen LogP contribution is 2.35. The summed E-state index contributed by atoms with van der Waals surface area (Å²) in [6.45, 7) is 6.99. The lowest BCUT2D eigenvalue weighted by Gasteiger charge is -2.31. The lowest BCUT2D eigenvalue weighted by atomic mass is 9.79. The zero-order valence-corrected chi connectivity index (χ0v) is 26.6. The molecular formula is C36H62N2O3. The number of carbonyl (C=O) groups is 1. The van der Waals surface area contributed by atoms with E-state index in [4.69, 9.17) is 10.5 Å². The molecule has 2 aliphatic rings. The summed E-state index contributed by atoms with van der Waals surface area (Å²) < 4.78 is 5.04. The van der Waals surface area contributed by atoms with E-state index in [1.54, 1.807) is 6.92 Å². The smallest absolute Gasteiger partial charge is 0.323 e. The number of ether oxygens (including phenoxy) is 1. The summed E-state index contributed by atoms with van der Waals surface area (Å²) in [4.78, 5) is 11.9. The van der Waals surface area contributed by atoms with Crippen molar-refractivity contribution in [3.8, 4) is 0 Å². The molecule has 2 aliphatic carbocycles. The van der Waals surface area contributed by atoms with Crippen molar-refractivity contribution in [1.82, 2.24) is 5.32 Å². The van der Waals surface area contributed by atoms with Crippen LogP contribution in [0.3, 0.4) is 0 Å². The molecule has 2 saturated carbocycles. The van der Waals surface area contributed by atoms with Gasteiger partial charge in [0, 0.05) is 6.54 Å². The summed E-state index contributed by atoms with van der Waals surface area (Å²) in [6.07, 6.45) is 24.5. The molecule has 3 rings (SSSR count). The predicted octanol–water partition coefficient (Wildman–Crippen LogP) is 7.96. The normalized spacial score (nSPS) is 26.2.